The monoisotopic (exact) mass is 438 g/mol. The number of aliphatic hydroxyl groups is 1. The van der Waals surface area contributed by atoms with Crippen LogP contribution >= 0.6 is 0 Å². The van der Waals surface area contributed by atoms with Gasteiger partial charge in [-0.2, -0.15) is 0 Å². The Morgan fingerprint density at radius 3 is 2.44 bits per heavy atom. The second-order valence-corrected chi connectivity index (χ2v) is 9.50. The molecule has 0 aromatic heterocycles. The van der Waals surface area contributed by atoms with Gasteiger partial charge < -0.3 is 14.6 Å². The molecule has 0 unspecified atom stereocenters. The number of rotatable bonds is 9. The van der Waals surface area contributed by atoms with Crippen molar-refractivity contribution < 1.29 is 14.6 Å². The Morgan fingerprint density at radius 2 is 1.62 bits per heavy atom. The number of nitrogens with zero attached hydrogens (tertiary/aromatic N) is 2. The van der Waals surface area contributed by atoms with E-state index in [1.54, 1.807) is 0 Å². The van der Waals surface area contributed by atoms with E-state index in [1.807, 2.05) is 24.3 Å². The molecule has 0 aliphatic carbocycles. The number of benzene rings is 2. The van der Waals surface area contributed by atoms with E-state index in [0.29, 0.717) is 6.61 Å². The maximum Gasteiger partial charge on any atom is 0.119 e. The lowest BCUT2D eigenvalue weighted by Crippen LogP contribution is -2.37. The maximum atomic E-state index is 11.1. The molecule has 2 saturated heterocycles. The van der Waals surface area contributed by atoms with Gasteiger partial charge in [-0.1, -0.05) is 29.8 Å². The molecule has 0 spiro atoms. The fourth-order valence-corrected chi connectivity index (χ4v) is 4.68. The summed E-state index contributed by atoms with van der Waals surface area (Å²) in [4.78, 5) is 4.91. The van der Waals surface area contributed by atoms with Gasteiger partial charge in [-0.05, 0) is 88.5 Å². The van der Waals surface area contributed by atoms with Crippen molar-refractivity contribution in [2.45, 2.75) is 51.2 Å². The van der Waals surface area contributed by atoms with Crippen LogP contribution in [-0.4, -0.2) is 66.4 Å². The van der Waals surface area contributed by atoms with Crippen molar-refractivity contribution in [3.8, 4) is 11.5 Å². The Balaban J connectivity index is 1.23. The molecular weight excluding hydrogens is 400 g/mol. The van der Waals surface area contributed by atoms with Crippen molar-refractivity contribution in [2.24, 2.45) is 0 Å². The highest BCUT2D eigenvalue weighted by atomic mass is 16.5. The molecular formula is C27H38N2O3. The number of ether oxygens (including phenoxy) is 2. The van der Waals surface area contributed by atoms with Gasteiger partial charge >= 0.3 is 0 Å². The summed E-state index contributed by atoms with van der Waals surface area (Å²) in [5.41, 5.74) is 1.72. The Labute approximate surface area is 192 Å². The smallest absolute Gasteiger partial charge is 0.119 e. The van der Waals surface area contributed by atoms with Gasteiger partial charge in [0.25, 0.3) is 0 Å². The molecule has 174 valence electrons. The summed E-state index contributed by atoms with van der Waals surface area (Å²) < 4.78 is 11.9. The van der Waals surface area contributed by atoms with Crippen molar-refractivity contribution in [1.29, 1.82) is 0 Å². The van der Waals surface area contributed by atoms with Gasteiger partial charge in [0.05, 0.1) is 5.60 Å². The number of likely N-dealkylation sites (tertiary alicyclic amines) is 2. The topological polar surface area (TPSA) is 45.2 Å². The van der Waals surface area contributed by atoms with Crippen LogP contribution in [0, 0.1) is 6.92 Å². The van der Waals surface area contributed by atoms with E-state index in [0.717, 1.165) is 63.5 Å². The predicted molar refractivity (Wildman–Crippen MR) is 128 cm³/mol. The van der Waals surface area contributed by atoms with Crippen LogP contribution in [0.3, 0.4) is 0 Å². The van der Waals surface area contributed by atoms with Crippen LogP contribution in [0.15, 0.2) is 48.5 Å². The number of hydrogen-bond acceptors (Lipinski definition) is 5. The van der Waals surface area contributed by atoms with Crippen LogP contribution < -0.4 is 9.47 Å². The zero-order chi connectivity index (χ0) is 22.2. The average molecular weight is 439 g/mol. The Hall–Kier alpha value is -2.08. The highest BCUT2D eigenvalue weighted by Gasteiger charge is 2.31. The van der Waals surface area contributed by atoms with Gasteiger partial charge in [0.2, 0.25) is 0 Å². The van der Waals surface area contributed by atoms with Crippen LogP contribution in [0.1, 0.15) is 43.2 Å². The molecule has 1 atom stereocenters. The molecule has 2 fully saturated rings. The van der Waals surface area contributed by atoms with Crippen molar-refractivity contribution in [1.82, 2.24) is 9.80 Å². The molecule has 2 aromatic rings. The third kappa shape index (κ3) is 6.96. The minimum Gasteiger partial charge on any atom is -0.492 e. The molecule has 0 bridgehead atoms. The molecule has 2 aliphatic rings. The van der Waals surface area contributed by atoms with E-state index >= 15 is 0 Å². The molecule has 0 radical (unpaired) electrons. The highest BCUT2D eigenvalue weighted by molar-refractivity contribution is 5.28. The molecule has 2 heterocycles. The molecule has 0 amide bonds. The first-order chi connectivity index (χ1) is 15.6. The van der Waals surface area contributed by atoms with E-state index < -0.39 is 5.60 Å². The first kappa shape index (κ1) is 23.1. The summed E-state index contributed by atoms with van der Waals surface area (Å²) in [7, 11) is 0. The van der Waals surface area contributed by atoms with Crippen LogP contribution in [0.5, 0.6) is 11.5 Å². The summed E-state index contributed by atoms with van der Waals surface area (Å²) in [6, 6.07) is 16.5. The highest BCUT2D eigenvalue weighted by Crippen LogP contribution is 2.25. The fourth-order valence-electron chi connectivity index (χ4n) is 4.68. The quantitative estimate of drug-likeness (QED) is 0.634. The van der Waals surface area contributed by atoms with Crippen LogP contribution in [0.25, 0.3) is 0 Å². The minimum atomic E-state index is -0.764. The third-order valence-corrected chi connectivity index (χ3v) is 6.72. The normalized spacial score (nSPS) is 22.6. The minimum absolute atomic E-state index is 0.351. The van der Waals surface area contributed by atoms with Crippen molar-refractivity contribution in [2.75, 3.05) is 45.9 Å². The van der Waals surface area contributed by atoms with Crippen LogP contribution in [0.2, 0.25) is 0 Å². The third-order valence-electron chi connectivity index (χ3n) is 6.72. The van der Waals surface area contributed by atoms with Crippen molar-refractivity contribution in [3.05, 3.63) is 59.7 Å². The second-order valence-electron chi connectivity index (χ2n) is 9.50. The van der Waals surface area contributed by atoms with Crippen molar-refractivity contribution >= 4 is 0 Å². The first-order valence-electron chi connectivity index (χ1n) is 12.2. The maximum absolute atomic E-state index is 11.1. The van der Waals surface area contributed by atoms with E-state index in [4.69, 9.17) is 9.47 Å². The lowest BCUT2D eigenvalue weighted by atomic mass is 9.96. The van der Waals surface area contributed by atoms with E-state index in [9.17, 15) is 5.11 Å². The summed E-state index contributed by atoms with van der Waals surface area (Å²) in [6.45, 7) is 9.35. The summed E-state index contributed by atoms with van der Waals surface area (Å²) in [6.07, 6.45) is 5.11. The molecule has 5 nitrogen and oxygen atoms in total. The molecule has 4 rings (SSSR count). The zero-order valence-electron chi connectivity index (χ0n) is 19.5. The Bertz CT molecular complexity index is 835. The number of hydrogen-bond donors (Lipinski definition) is 1. The molecule has 2 aromatic carbocycles. The lowest BCUT2D eigenvalue weighted by molar-refractivity contribution is -0.0168. The van der Waals surface area contributed by atoms with Crippen LogP contribution in [0.4, 0.5) is 0 Å². The molecule has 1 N–H and O–H groups in total. The number of aryl methyl sites for hydroxylation is 1. The van der Waals surface area contributed by atoms with Gasteiger partial charge in [-0.25, -0.2) is 0 Å². The SMILES string of the molecule is Cc1ccc(OC[C@@]2(O)CCCN(Cc3cccc(OCCN4CCCC4)c3)CC2)cc1. The predicted octanol–water partition coefficient (Wildman–Crippen LogP) is 4.27. The standard InChI is InChI=1S/C27H38N2O3/c1-23-8-10-25(11-9-23)32-22-27(30)12-5-16-29(17-13-27)21-24-6-4-7-26(20-24)31-19-18-28-14-2-3-15-28/h4,6-11,20,30H,2-3,5,12-19,21-22H2,1H3/t27-/m1/s1. The summed E-state index contributed by atoms with van der Waals surface area (Å²) >= 11 is 0. The van der Waals surface area contributed by atoms with Gasteiger partial charge in [0.1, 0.15) is 24.7 Å². The van der Waals surface area contributed by atoms with E-state index in [1.165, 1.54) is 37.1 Å². The molecule has 0 saturated carbocycles. The van der Waals surface area contributed by atoms with E-state index in [-0.39, 0.29) is 0 Å². The molecule has 2 aliphatic heterocycles. The zero-order valence-corrected chi connectivity index (χ0v) is 19.5. The Kier molecular flexibility index (Phi) is 8.06. The summed E-state index contributed by atoms with van der Waals surface area (Å²) in [5, 5.41) is 11.1. The molecule has 32 heavy (non-hydrogen) atoms. The fraction of sp³-hybridized carbons (Fsp3) is 0.556. The van der Waals surface area contributed by atoms with Gasteiger partial charge in [0, 0.05) is 19.6 Å². The van der Waals surface area contributed by atoms with Crippen LogP contribution in [-0.2, 0) is 6.54 Å². The largest absolute Gasteiger partial charge is 0.492 e. The Morgan fingerprint density at radius 1 is 0.844 bits per heavy atom. The second kappa shape index (κ2) is 11.2. The van der Waals surface area contributed by atoms with Gasteiger partial charge in [-0.3, -0.25) is 9.80 Å². The summed E-state index contributed by atoms with van der Waals surface area (Å²) in [5.74, 6) is 1.78. The first-order valence-corrected chi connectivity index (χ1v) is 12.2. The molecule has 5 heteroatoms. The van der Waals surface area contributed by atoms with E-state index in [2.05, 4.69) is 41.0 Å². The van der Waals surface area contributed by atoms with Gasteiger partial charge in [0.15, 0.2) is 0 Å². The lowest BCUT2D eigenvalue weighted by Gasteiger charge is -2.27. The van der Waals surface area contributed by atoms with Crippen molar-refractivity contribution in [3.63, 3.8) is 0 Å². The van der Waals surface area contributed by atoms with Gasteiger partial charge in [-0.15, -0.1) is 0 Å². The average Bonchev–Trinajstić information content (AvgIpc) is 3.24.